The summed E-state index contributed by atoms with van der Waals surface area (Å²) in [4.78, 5) is 7.21. The SMILES string of the molecule is c1ccc(-c2nc3ccc4oc5ccc(-c6ccc(N(c7ccc8sc9ccccc9c8c7)c7ccc8sc9ccccc9c8c7)cc6)cc5c4c3o2)cc1. The van der Waals surface area contributed by atoms with E-state index in [1.807, 2.05) is 65.1 Å². The highest BCUT2D eigenvalue weighted by Crippen LogP contribution is 2.44. The molecule has 0 aliphatic rings. The zero-order valence-corrected chi connectivity index (χ0v) is 30.8. The summed E-state index contributed by atoms with van der Waals surface area (Å²) < 4.78 is 17.9. The van der Waals surface area contributed by atoms with Gasteiger partial charge in [0.25, 0.3) is 0 Å². The Hall–Kier alpha value is -6.73. The number of fused-ring (bicyclic) bond motifs is 11. The maximum atomic E-state index is 6.42. The van der Waals surface area contributed by atoms with E-state index < -0.39 is 0 Å². The van der Waals surface area contributed by atoms with Crippen LogP contribution in [0.5, 0.6) is 0 Å². The highest BCUT2D eigenvalue weighted by atomic mass is 32.1. The van der Waals surface area contributed by atoms with Crippen molar-refractivity contribution < 1.29 is 8.83 Å². The summed E-state index contributed by atoms with van der Waals surface area (Å²) in [7, 11) is 0. The van der Waals surface area contributed by atoms with Crippen LogP contribution < -0.4 is 4.90 Å². The molecule has 0 aliphatic carbocycles. The first-order valence-corrected chi connectivity index (χ1v) is 19.9. The third kappa shape index (κ3) is 4.85. The van der Waals surface area contributed by atoms with Crippen LogP contribution in [0.2, 0.25) is 0 Å². The van der Waals surface area contributed by atoms with Gasteiger partial charge in [0.05, 0.1) is 5.39 Å². The fourth-order valence-corrected chi connectivity index (χ4v) is 10.3. The Kier molecular flexibility index (Phi) is 6.64. The molecule has 0 saturated carbocycles. The molecule has 12 rings (SSSR count). The number of oxazole rings is 1. The number of thiophene rings is 2. The van der Waals surface area contributed by atoms with Crippen molar-refractivity contribution >= 4 is 113 Å². The number of rotatable bonds is 5. The Labute approximate surface area is 322 Å². The molecule has 4 nitrogen and oxygen atoms in total. The summed E-state index contributed by atoms with van der Waals surface area (Å²) >= 11 is 3.69. The lowest BCUT2D eigenvalue weighted by molar-refractivity contribution is 0.622. The quantitative estimate of drug-likeness (QED) is 0.176. The Balaban J connectivity index is 0.989. The maximum absolute atomic E-state index is 6.42. The summed E-state index contributed by atoms with van der Waals surface area (Å²) in [6.07, 6.45) is 0. The van der Waals surface area contributed by atoms with E-state index >= 15 is 0 Å². The van der Waals surface area contributed by atoms with E-state index in [-0.39, 0.29) is 0 Å². The van der Waals surface area contributed by atoms with E-state index in [0.29, 0.717) is 5.89 Å². The lowest BCUT2D eigenvalue weighted by Crippen LogP contribution is -2.09. The second kappa shape index (κ2) is 11.9. The average Bonchev–Trinajstić information content (AvgIpc) is 4.02. The van der Waals surface area contributed by atoms with Crippen molar-refractivity contribution in [1.29, 1.82) is 0 Å². The Bertz CT molecular complexity index is 3330. The first kappa shape index (κ1) is 30.7. The minimum absolute atomic E-state index is 0.603. The molecule has 0 amide bonds. The number of aromatic nitrogens is 1. The molecule has 0 aliphatic heterocycles. The van der Waals surface area contributed by atoms with E-state index in [4.69, 9.17) is 13.8 Å². The largest absolute Gasteiger partial charge is 0.456 e. The van der Waals surface area contributed by atoms with E-state index in [1.165, 1.54) is 40.3 Å². The molecular formula is C49H28N2O2S2. The number of benzene rings is 8. The number of furan rings is 1. The maximum Gasteiger partial charge on any atom is 0.227 e. The zero-order chi connectivity index (χ0) is 36.0. The molecule has 55 heavy (non-hydrogen) atoms. The standard InChI is InChI=1S/C49H28N2O2S2/c1-2-8-30(9-3-1)49-50-40-21-23-42-47(48(40)53-49)39-26-31(16-22-41(39)52-42)29-14-17-32(18-15-29)51(33-19-24-45-37(27-33)35-10-4-6-12-43(35)54-45)34-20-25-46-38(28-34)36-11-5-7-13-44(36)55-46/h1-28H. The van der Waals surface area contributed by atoms with Crippen molar-refractivity contribution in [3.8, 4) is 22.6 Å². The van der Waals surface area contributed by atoms with Crippen LogP contribution in [0.4, 0.5) is 17.1 Å². The molecule has 258 valence electrons. The smallest absolute Gasteiger partial charge is 0.227 e. The van der Waals surface area contributed by atoms with E-state index in [0.717, 1.165) is 66.8 Å². The van der Waals surface area contributed by atoms with Gasteiger partial charge in [0, 0.05) is 68.4 Å². The van der Waals surface area contributed by atoms with Crippen molar-refractivity contribution in [1.82, 2.24) is 4.98 Å². The van der Waals surface area contributed by atoms with Crippen molar-refractivity contribution in [3.63, 3.8) is 0 Å². The molecule has 0 N–H and O–H groups in total. The molecule has 4 aromatic heterocycles. The van der Waals surface area contributed by atoms with Crippen molar-refractivity contribution in [2.75, 3.05) is 4.90 Å². The Morgan fingerprint density at radius 3 is 1.67 bits per heavy atom. The van der Waals surface area contributed by atoms with Crippen LogP contribution in [0.15, 0.2) is 179 Å². The van der Waals surface area contributed by atoms with Crippen LogP contribution in [0.3, 0.4) is 0 Å². The van der Waals surface area contributed by atoms with Crippen LogP contribution in [-0.2, 0) is 0 Å². The van der Waals surface area contributed by atoms with Crippen LogP contribution >= 0.6 is 22.7 Å². The molecule has 0 saturated heterocycles. The fraction of sp³-hybridized carbons (Fsp3) is 0. The average molecular weight is 741 g/mol. The fourth-order valence-electron chi connectivity index (χ4n) is 8.09. The van der Waals surface area contributed by atoms with Gasteiger partial charge in [-0.15, -0.1) is 22.7 Å². The summed E-state index contributed by atoms with van der Waals surface area (Å²) in [5.41, 5.74) is 9.66. The lowest BCUT2D eigenvalue weighted by atomic mass is 10.0. The van der Waals surface area contributed by atoms with Gasteiger partial charge in [0.15, 0.2) is 5.58 Å². The molecule has 12 aromatic rings. The van der Waals surface area contributed by atoms with Gasteiger partial charge >= 0.3 is 0 Å². The first-order valence-electron chi connectivity index (χ1n) is 18.3. The number of hydrogen-bond donors (Lipinski definition) is 0. The van der Waals surface area contributed by atoms with Gasteiger partial charge in [-0.2, -0.15) is 0 Å². The third-order valence-corrected chi connectivity index (χ3v) is 13.0. The van der Waals surface area contributed by atoms with Gasteiger partial charge in [-0.1, -0.05) is 72.8 Å². The highest BCUT2D eigenvalue weighted by molar-refractivity contribution is 7.26. The first-order chi connectivity index (χ1) is 27.2. The van der Waals surface area contributed by atoms with Gasteiger partial charge in [0.1, 0.15) is 16.7 Å². The predicted molar refractivity (Wildman–Crippen MR) is 233 cm³/mol. The molecule has 4 heterocycles. The van der Waals surface area contributed by atoms with Crippen LogP contribution in [0.1, 0.15) is 0 Å². The van der Waals surface area contributed by atoms with Crippen LogP contribution in [-0.4, -0.2) is 4.98 Å². The van der Waals surface area contributed by atoms with Gasteiger partial charge in [-0.25, -0.2) is 4.98 Å². The topological polar surface area (TPSA) is 42.4 Å². The minimum Gasteiger partial charge on any atom is -0.456 e. The molecular weight excluding hydrogens is 713 g/mol. The van der Waals surface area contributed by atoms with Crippen molar-refractivity contribution in [2.45, 2.75) is 0 Å². The summed E-state index contributed by atoms with van der Waals surface area (Å²) in [5, 5.41) is 7.09. The molecule has 0 unspecified atom stereocenters. The van der Waals surface area contributed by atoms with Crippen molar-refractivity contribution in [2.24, 2.45) is 0 Å². The third-order valence-electron chi connectivity index (χ3n) is 10.7. The summed E-state index contributed by atoms with van der Waals surface area (Å²) in [5.74, 6) is 0.603. The van der Waals surface area contributed by atoms with Gasteiger partial charge < -0.3 is 13.7 Å². The van der Waals surface area contributed by atoms with Crippen molar-refractivity contribution in [3.05, 3.63) is 170 Å². The van der Waals surface area contributed by atoms with Crippen LogP contribution in [0.25, 0.3) is 96.0 Å². The number of nitrogens with zero attached hydrogens (tertiary/aromatic N) is 2. The molecule has 0 spiro atoms. The molecule has 6 heteroatoms. The molecule has 8 aromatic carbocycles. The van der Waals surface area contributed by atoms with Gasteiger partial charge in [0.2, 0.25) is 5.89 Å². The van der Waals surface area contributed by atoms with E-state index in [9.17, 15) is 0 Å². The second-order valence-corrected chi connectivity index (χ2v) is 16.1. The normalized spacial score (nSPS) is 12.0. The predicted octanol–water partition coefficient (Wildman–Crippen LogP) is 15.3. The Morgan fingerprint density at radius 1 is 0.400 bits per heavy atom. The van der Waals surface area contributed by atoms with Crippen LogP contribution in [0, 0.1) is 0 Å². The number of hydrogen-bond acceptors (Lipinski definition) is 6. The van der Waals surface area contributed by atoms with Gasteiger partial charge in [-0.05, 0) is 108 Å². The number of anilines is 3. The monoisotopic (exact) mass is 740 g/mol. The minimum atomic E-state index is 0.603. The van der Waals surface area contributed by atoms with E-state index in [1.54, 1.807) is 0 Å². The van der Waals surface area contributed by atoms with E-state index in [2.05, 4.69) is 132 Å². The summed E-state index contributed by atoms with van der Waals surface area (Å²) in [6, 6.07) is 60.5. The lowest BCUT2D eigenvalue weighted by Gasteiger charge is -2.26. The second-order valence-electron chi connectivity index (χ2n) is 13.9. The zero-order valence-electron chi connectivity index (χ0n) is 29.2. The Morgan fingerprint density at radius 2 is 0.982 bits per heavy atom. The molecule has 0 radical (unpaired) electrons. The summed E-state index contributed by atoms with van der Waals surface area (Å²) in [6.45, 7) is 0. The molecule has 0 bridgehead atoms. The highest BCUT2D eigenvalue weighted by Gasteiger charge is 2.19. The van der Waals surface area contributed by atoms with Gasteiger partial charge in [-0.3, -0.25) is 0 Å². The molecule has 0 atom stereocenters. The molecule has 0 fully saturated rings.